The van der Waals surface area contributed by atoms with Crippen molar-refractivity contribution >= 4 is 16.9 Å². The van der Waals surface area contributed by atoms with Crippen molar-refractivity contribution in [1.82, 2.24) is 14.5 Å². The van der Waals surface area contributed by atoms with Crippen LogP contribution in [0.1, 0.15) is 35.9 Å². The van der Waals surface area contributed by atoms with Crippen LogP contribution in [0.4, 0.5) is 0 Å². The second-order valence-electron chi connectivity index (χ2n) is 7.50. The molecule has 0 fully saturated rings. The normalized spacial score (nSPS) is 10.9. The summed E-state index contributed by atoms with van der Waals surface area (Å²) in [5.74, 6) is 1.59. The molecule has 0 saturated carbocycles. The van der Waals surface area contributed by atoms with Gasteiger partial charge in [0.1, 0.15) is 11.6 Å². The van der Waals surface area contributed by atoms with Gasteiger partial charge in [-0.2, -0.15) is 0 Å². The molecule has 0 aliphatic rings. The zero-order valence-electron chi connectivity index (χ0n) is 18.0. The first kappa shape index (κ1) is 20.7. The third kappa shape index (κ3) is 4.45. The van der Waals surface area contributed by atoms with Gasteiger partial charge in [0.05, 0.1) is 24.7 Å². The molecule has 158 valence electrons. The van der Waals surface area contributed by atoms with Crippen LogP contribution in [0.5, 0.6) is 5.75 Å². The fourth-order valence-corrected chi connectivity index (χ4v) is 3.74. The Kier molecular flexibility index (Phi) is 6.32. The molecule has 5 nitrogen and oxygen atoms in total. The van der Waals surface area contributed by atoms with E-state index in [1.165, 1.54) is 0 Å². The minimum Gasteiger partial charge on any atom is -0.497 e. The number of nitrogens with zero attached hydrogens (tertiary/aromatic N) is 3. The van der Waals surface area contributed by atoms with Gasteiger partial charge in [-0.25, -0.2) is 4.98 Å². The number of para-hydroxylation sites is 3. The highest BCUT2D eigenvalue weighted by molar-refractivity contribution is 5.94. The number of methoxy groups -OCH3 is 1. The Labute approximate surface area is 182 Å². The molecule has 0 radical (unpaired) electrons. The van der Waals surface area contributed by atoms with Gasteiger partial charge in [-0.05, 0) is 55.0 Å². The summed E-state index contributed by atoms with van der Waals surface area (Å²) in [6.45, 7) is 3.25. The zero-order valence-corrected chi connectivity index (χ0v) is 18.0. The van der Waals surface area contributed by atoms with Crippen LogP contribution in [0.3, 0.4) is 0 Å². The Balaban J connectivity index is 1.72. The molecule has 4 aromatic rings. The maximum absolute atomic E-state index is 13.4. The van der Waals surface area contributed by atoms with Gasteiger partial charge in [0.2, 0.25) is 0 Å². The van der Waals surface area contributed by atoms with Gasteiger partial charge in [0, 0.05) is 17.8 Å². The van der Waals surface area contributed by atoms with Crippen molar-refractivity contribution in [2.24, 2.45) is 0 Å². The van der Waals surface area contributed by atoms with E-state index in [-0.39, 0.29) is 5.91 Å². The number of fused-ring (bicyclic) bond motifs is 1. The van der Waals surface area contributed by atoms with Crippen LogP contribution in [0.25, 0.3) is 16.7 Å². The van der Waals surface area contributed by atoms with Crippen LogP contribution in [0.15, 0.2) is 78.9 Å². The molecule has 1 amide bonds. The highest BCUT2D eigenvalue weighted by Gasteiger charge is 2.20. The Morgan fingerprint density at radius 2 is 1.68 bits per heavy atom. The summed E-state index contributed by atoms with van der Waals surface area (Å²) >= 11 is 0. The minimum absolute atomic E-state index is 0.00257. The molecule has 0 spiro atoms. The summed E-state index contributed by atoms with van der Waals surface area (Å²) in [6, 6.07) is 25.6. The van der Waals surface area contributed by atoms with Crippen molar-refractivity contribution in [3.8, 4) is 11.4 Å². The molecule has 31 heavy (non-hydrogen) atoms. The van der Waals surface area contributed by atoms with Crippen LogP contribution in [-0.2, 0) is 6.54 Å². The van der Waals surface area contributed by atoms with Gasteiger partial charge >= 0.3 is 0 Å². The largest absolute Gasteiger partial charge is 0.497 e. The number of aromatic nitrogens is 2. The van der Waals surface area contributed by atoms with E-state index in [0.717, 1.165) is 41.1 Å². The number of hydrogen-bond acceptors (Lipinski definition) is 3. The Morgan fingerprint density at radius 1 is 0.968 bits per heavy atom. The third-order valence-corrected chi connectivity index (χ3v) is 5.38. The number of carbonyl (C=O) groups is 1. The molecule has 1 aromatic heterocycles. The molecule has 5 heteroatoms. The molecule has 0 atom stereocenters. The molecule has 3 aromatic carbocycles. The summed E-state index contributed by atoms with van der Waals surface area (Å²) in [5, 5.41) is 0. The highest BCUT2D eigenvalue weighted by atomic mass is 16.5. The van der Waals surface area contributed by atoms with E-state index >= 15 is 0 Å². The van der Waals surface area contributed by atoms with Crippen molar-refractivity contribution in [2.75, 3.05) is 13.7 Å². The summed E-state index contributed by atoms with van der Waals surface area (Å²) in [6.07, 6.45) is 1.95. The minimum atomic E-state index is 0.00257. The Bertz CT molecular complexity index is 1150. The fourth-order valence-electron chi connectivity index (χ4n) is 3.74. The predicted octanol–water partition coefficient (Wildman–Crippen LogP) is 5.48. The molecule has 0 saturated heterocycles. The standard InChI is InChI=1S/C26H27N3O2/c1-3-4-18-28(26(30)20-14-16-22(31-2)17-15-20)19-25-27-23-12-8-9-13-24(23)29(25)21-10-6-5-7-11-21/h5-17H,3-4,18-19H2,1-2H3. The van der Waals surface area contributed by atoms with Crippen molar-refractivity contribution in [1.29, 1.82) is 0 Å². The van der Waals surface area contributed by atoms with Gasteiger partial charge in [0.15, 0.2) is 0 Å². The number of unbranched alkanes of at least 4 members (excludes halogenated alkanes) is 1. The Morgan fingerprint density at radius 3 is 2.39 bits per heavy atom. The molecule has 1 heterocycles. The van der Waals surface area contributed by atoms with Crippen molar-refractivity contribution in [3.63, 3.8) is 0 Å². The molecule has 0 unspecified atom stereocenters. The van der Waals surface area contributed by atoms with Crippen molar-refractivity contribution in [2.45, 2.75) is 26.3 Å². The number of imidazole rings is 1. The lowest BCUT2D eigenvalue weighted by molar-refractivity contribution is 0.0736. The van der Waals surface area contributed by atoms with E-state index in [2.05, 4.69) is 29.7 Å². The molecule has 0 aliphatic heterocycles. The van der Waals surface area contributed by atoms with Crippen molar-refractivity contribution in [3.05, 3.63) is 90.3 Å². The lowest BCUT2D eigenvalue weighted by Gasteiger charge is -2.23. The predicted molar refractivity (Wildman–Crippen MR) is 124 cm³/mol. The van der Waals surface area contributed by atoms with E-state index in [1.807, 2.05) is 65.6 Å². The van der Waals surface area contributed by atoms with Gasteiger partial charge in [0.25, 0.3) is 5.91 Å². The molecular weight excluding hydrogens is 386 g/mol. The van der Waals surface area contributed by atoms with Crippen LogP contribution < -0.4 is 4.74 Å². The number of ether oxygens (including phenoxy) is 1. The first-order valence-electron chi connectivity index (χ1n) is 10.7. The van der Waals surface area contributed by atoms with E-state index in [4.69, 9.17) is 9.72 Å². The smallest absolute Gasteiger partial charge is 0.254 e. The number of rotatable bonds is 8. The highest BCUT2D eigenvalue weighted by Crippen LogP contribution is 2.23. The molecule has 4 rings (SSSR count). The molecule has 0 N–H and O–H groups in total. The van der Waals surface area contributed by atoms with Crippen LogP contribution in [0, 0.1) is 0 Å². The maximum atomic E-state index is 13.4. The van der Waals surface area contributed by atoms with E-state index in [0.29, 0.717) is 18.7 Å². The van der Waals surface area contributed by atoms with Gasteiger partial charge < -0.3 is 9.64 Å². The zero-order chi connectivity index (χ0) is 21.6. The van der Waals surface area contributed by atoms with Crippen LogP contribution in [-0.4, -0.2) is 34.0 Å². The lowest BCUT2D eigenvalue weighted by atomic mass is 10.1. The van der Waals surface area contributed by atoms with Crippen LogP contribution >= 0.6 is 0 Å². The number of benzene rings is 3. The summed E-state index contributed by atoms with van der Waals surface area (Å²) < 4.78 is 7.38. The quantitative estimate of drug-likeness (QED) is 0.384. The molecule has 0 aliphatic carbocycles. The van der Waals surface area contributed by atoms with E-state index in [9.17, 15) is 4.79 Å². The topological polar surface area (TPSA) is 47.4 Å². The van der Waals surface area contributed by atoms with Gasteiger partial charge in [-0.15, -0.1) is 0 Å². The maximum Gasteiger partial charge on any atom is 0.254 e. The monoisotopic (exact) mass is 413 g/mol. The third-order valence-electron chi connectivity index (χ3n) is 5.38. The van der Waals surface area contributed by atoms with E-state index < -0.39 is 0 Å². The SMILES string of the molecule is CCCCN(Cc1nc2ccccc2n1-c1ccccc1)C(=O)c1ccc(OC)cc1. The van der Waals surface area contributed by atoms with Crippen LogP contribution in [0.2, 0.25) is 0 Å². The molecule has 0 bridgehead atoms. The lowest BCUT2D eigenvalue weighted by Crippen LogP contribution is -2.32. The summed E-state index contributed by atoms with van der Waals surface area (Å²) in [7, 11) is 1.62. The van der Waals surface area contributed by atoms with E-state index in [1.54, 1.807) is 7.11 Å². The van der Waals surface area contributed by atoms with Gasteiger partial charge in [-0.1, -0.05) is 43.7 Å². The average molecular weight is 414 g/mol. The number of hydrogen-bond donors (Lipinski definition) is 0. The van der Waals surface area contributed by atoms with Crippen molar-refractivity contribution < 1.29 is 9.53 Å². The van der Waals surface area contributed by atoms with Gasteiger partial charge in [-0.3, -0.25) is 9.36 Å². The number of carbonyl (C=O) groups excluding carboxylic acids is 1. The number of amides is 1. The first-order chi connectivity index (χ1) is 15.2. The Hall–Kier alpha value is -3.60. The molecular formula is C26H27N3O2. The summed E-state index contributed by atoms with van der Waals surface area (Å²) in [5.41, 5.74) is 3.66. The first-order valence-corrected chi connectivity index (χ1v) is 10.7. The second kappa shape index (κ2) is 9.47. The second-order valence-corrected chi connectivity index (χ2v) is 7.50. The summed E-state index contributed by atoms with van der Waals surface area (Å²) in [4.78, 5) is 20.2. The average Bonchev–Trinajstić information content (AvgIpc) is 3.19. The fraction of sp³-hybridized carbons (Fsp3) is 0.231.